The lowest BCUT2D eigenvalue weighted by atomic mass is 10.1. The van der Waals surface area contributed by atoms with E-state index in [1.54, 1.807) is 10.4 Å². The monoisotopic (exact) mass is 388 g/mol. The van der Waals surface area contributed by atoms with Crippen LogP contribution in [0.15, 0.2) is 35.2 Å². The Bertz CT molecular complexity index is 873. The second-order valence-corrected chi connectivity index (χ2v) is 9.41. The maximum atomic E-state index is 12.9. The van der Waals surface area contributed by atoms with Crippen LogP contribution >= 0.6 is 0 Å². The van der Waals surface area contributed by atoms with Crippen LogP contribution in [0.4, 0.5) is 5.82 Å². The number of benzene rings is 1. The summed E-state index contributed by atoms with van der Waals surface area (Å²) in [4.78, 5) is 0.364. The maximum Gasteiger partial charge on any atom is 0.243 e. The van der Waals surface area contributed by atoms with Crippen molar-refractivity contribution in [1.82, 2.24) is 14.5 Å². The summed E-state index contributed by atoms with van der Waals surface area (Å²) in [5, 5.41) is 11.8. The Morgan fingerprint density at radius 3 is 2.48 bits per heavy atom. The molecule has 1 fully saturated rings. The smallest absolute Gasteiger partial charge is 0.243 e. The topological polar surface area (TPSA) is 75.2 Å². The zero-order valence-corrected chi connectivity index (χ0v) is 17.1. The maximum absolute atomic E-state index is 12.9. The van der Waals surface area contributed by atoms with Gasteiger partial charge >= 0.3 is 0 Å². The van der Waals surface area contributed by atoms with Crippen molar-refractivity contribution in [1.29, 1.82) is 0 Å². The second-order valence-electron chi connectivity index (χ2n) is 7.50. The van der Waals surface area contributed by atoms with Gasteiger partial charge in [0.15, 0.2) is 0 Å². The fraction of sp³-hybridized carbons (Fsp3) is 0.500. The van der Waals surface area contributed by atoms with E-state index in [1.165, 1.54) is 0 Å². The van der Waals surface area contributed by atoms with E-state index in [-0.39, 0.29) is 0 Å². The first-order chi connectivity index (χ1) is 12.9. The van der Waals surface area contributed by atoms with Crippen LogP contribution in [0.3, 0.4) is 0 Å². The molecule has 7 heteroatoms. The molecule has 0 aliphatic carbocycles. The SMILES string of the molecule is Cc1ccc(-c2ccc(NCCC(C)C)nn2)cc1S(=O)(=O)N1CCCC1. The van der Waals surface area contributed by atoms with Crippen LogP contribution in [0.25, 0.3) is 11.3 Å². The van der Waals surface area contributed by atoms with Gasteiger partial charge < -0.3 is 5.32 Å². The molecule has 1 N–H and O–H groups in total. The van der Waals surface area contributed by atoms with Crippen molar-refractivity contribution >= 4 is 15.8 Å². The summed E-state index contributed by atoms with van der Waals surface area (Å²) in [7, 11) is -3.46. The molecule has 2 heterocycles. The second kappa shape index (κ2) is 8.35. The van der Waals surface area contributed by atoms with Crippen molar-refractivity contribution in [3.8, 4) is 11.3 Å². The minimum Gasteiger partial charge on any atom is -0.369 e. The average Bonchev–Trinajstić information content (AvgIpc) is 3.18. The standard InChI is InChI=1S/C20H28N4O2S/c1-15(2)10-11-21-20-9-8-18(22-23-20)17-7-6-16(3)19(14-17)27(25,26)24-12-4-5-13-24/h6-9,14-15H,4-5,10-13H2,1-3H3,(H,21,23). The van der Waals surface area contributed by atoms with Crippen LogP contribution in [-0.2, 0) is 10.0 Å². The molecule has 0 unspecified atom stereocenters. The molecule has 1 aromatic carbocycles. The molecule has 1 aromatic heterocycles. The number of hydrogen-bond donors (Lipinski definition) is 1. The largest absolute Gasteiger partial charge is 0.369 e. The van der Waals surface area contributed by atoms with E-state index in [0.29, 0.717) is 29.6 Å². The van der Waals surface area contributed by atoms with Gasteiger partial charge in [-0.15, -0.1) is 10.2 Å². The van der Waals surface area contributed by atoms with Crippen molar-refractivity contribution < 1.29 is 8.42 Å². The zero-order valence-electron chi connectivity index (χ0n) is 16.3. The van der Waals surface area contributed by atoms with Gasteiger partial charge in [0.2, 0.25) is 10.0 Å². The molecule has 0 atom stereocenters. The van der Waals surface area contributed by atoms with Gasteiger partial charge in [-0.1, -0.05) is 26.0 Å². The fourth-order valence-electron chi connectivity index (χ4n) is 3.17. The third-order valence-electron chi connectivity index (χ3n) is 4.86. The molecule has 0 bridgehead atoms. The predicted molar refractivity (Wildman–Crippen MR) is 108 cm³/mol. The molecule has 0 spiro atoms. The van der Waals surface area contributed by atoms with E-state index >= 15 is 0 Å². The summed E-state index contributed by atoms with van der Waals surface area (Å²) >= 11 is 0. The van der Waals surface area contributed by atoms with Gasteiger partial charge in [0.25, 0.3) is 0 Å². The number of aromatic nitrogens is 2. The van der Waals surface area contributed by atoms with Gasteiger partial charge in [0, 0.05) is 25.2 Å². The van der Waals surface area contributed by atoms with Gasteiger partial charge in [-0.2, -0.15) is 4.31 Å². The Labute approximate surface area is 162 Å². The molecule has 1 aliphatic rings. The van der Waals surface area contributed by atoms with Gasteiger partial charge in [0.05, 0.1) is 10.6 Å². The molecule has 2 aromatic rings. The minimum atomic E-state index is -3.46. The third-order valence-corrected chi connectivity index (χ3v) is 6.90. The molecule has 0 amide bonds. The zero-order chi connectivity index (χ0) is 19.4. The number of nitrogens with one attached hydrogen (secondary N) is 1. The Kier molecular flexibility index (Phi) is 6.11. The quantitative estimate of drug-likeness (QED) is 0.783. The molecule has 0 radical (unpaired) electrons. The van der Waals surface area contributed by atoms with Crippen molar-refractivity contribution in [3.05, 3.63) is 35.9 Å². The molecule has 0 saturated carbocycles. The molecule has 1 saturated heterocycles. The Hall–Kier alpha value is -1.99. The van der Waals surface area contributed by atoms with Crippen molar-refractivity contribution in [3.63, 3.8) is 0 Å². The van der Waals surface area contributed by atoms with Crippen molar-refractivity contribution in [2.75, 3.05) is 25.0 Å². The highest BCUT2D eigenvalue weighted by Crippen LogP contribution is 2.28. The Morgan fingerprint density at radius 2 is 1.85 bits per heavy atom. The Morgan fingerprint density at radius 1 is 1.11 bits per heavy atom. The summed E-state index contributed by atoms with van der Waals surface area (Å²) < 4.78 is 27.5. The van der Waals surface area contributed by atoms with E-state index in [9.17, 15) is 8.42 Å². The average molecular weight is 389 g/mol. The van der Waals surface area contributed by atoms with E-state index in [0.717, 1.165) is 42.8 Å². The number of nitrogens with zero attached hydrogens (tertiary/aromatic N) is 3. The highest BCUT2D eigenvalue weighted by atomic mass is 32.2. The summed E-state index contributed by atoms with van der Waals surface area (Å²) in [6.07, 6.45) is 2.92. The van der Waals surface area contributed by atoms with Gasteiger partial charge in [-0.25, -0.2) is 8.42 Å². The lowest BCUT2D eigenvalue weighted by Crippen LogP contribution is -2.28. The molecule has 146 valence electrons. The highest BCUT2D eigenvalue weighted by Gasteiger charge is 2.28. The van der Waals surface area contributed by atoms with Crippen LogP contribution in [0, 0.1) is 12.8 Å². The number of aryl methyl sites for hydroxylation is 1. The lowest BCUT2D eigenvalue weighted by molar-refractivity contribution is 0.477. The van der Waals surface area contributed by atoms with E-state index in [2.05, 4.69) is 29.4 Å². The van der Waals surface area contributed by atoms with Gasteiger partial charge in [0.1, 0.15) is 5.82 Å². The lowest BCUT2D eigenvalue weighted by Gasteiger charge is -2.17. The third kappa shape index (κ3) is 4.65. The van der Waals surface area contributed by atoms with E-state index < -0.39 is 10.0 Å². The summed E-state index contributed by atoms with van der Waals surface area (Å²) in [6.45, 7) is 8.25. The van der Waals surface area contributed by atoms with Crippen LogP contribution in [0.2, 0.25) is 0 Å². The normalized spacial score (nSPS) is 15.4. The summed E-state index contributed by atoms with van der Waals surface area (Å²) in [6, 6.07) is 9.22. The fourth-order valence-corrected chi connectivity index (χ4v) is 4.94. The summed E-state index contributed by atoms with van der Waals surface area (Å²) in [5.74, 6) is 1.37. The van der Waals surface area contributed by atoms with Gasteiger partial charge in [-0.05, 0) is 55.9 Å². The van der Waals surface area contributed by atoms with Crippen LogP contribution in [0.5, 0.6) is 0 Å². The minimum absolute atomic E-state index is 0.364. The Balaban J connectivity index is 1.81. The van der Waals surface area contributed by atoms with Crippen LogP contribution < -0.4 is 5.32 Å². The van der Waals surface area contributed by atoms with Crippen LogP contribution in [-0.4, -0.2) is 42.6 Å². The molecule has 3 rings (SSSR count). The highest BCUT2D eigenvalue weighted by molar-refractivity contribution is 7.89. The van der Waals surface area contributed by atoms with Crippen molar-refractivity contribution in [2.24, 2.45) is 5.92 Å². The molecular weight excluding hydrogens is 360 g/mol. The first kappa shape index (κ1) is 19.8. The summed E-state index contributed by atoms with van der Waals surface area (Å²) in [5.41, 5.74) is 2.19. The van der Waals surface area contributed by atoms with Crippen molar-refractivity contribution in [2.45, 2.75) is 44.9 Å². The van der Waals surface area contributed by atoms with Crippen LogP contribution in [0.1, 0.15) is 38.7 Å². The molecule has 1 aliphatic heterocycles. The van der Waals surface area contributed by atoms with E-state index in [1.807, 2.05) is 31.2 Å². The molecule has 6 nitrogen and oxygen atoms in total. The first-order valence-corrected chi connectivity index (χ1v) is 11.0. The van der Waals surface area contributed by atoms with Gasteiger partial charge in [-0.3, -0.25) is 0 Å². The van der Waals surface area contributed by atoms with E-state index in [4.69, 9.17) is 0 Å². The predicted octanol–water partition coefficient (Wildman–Crippen LogP) is 3.69. The number of hydrogen-bond acceptors (Lipinski definition) is 5. The molecular formula is C20H28N4O2S. The number of rotatable bonds is 7. The number of anilines is 1. The first-order valence-electron chi connectivity index (χ1n) is 9.56. The number of sulfonamides is 1. The molecule has 27 heavy (non-hydrogen) atoms.